The summed E-state index contributed by atoms with van der Waals surface area (Å²) in [7, 11) is -2.10. The van der Waals surface area contributed by atoms with E-state index >= 15 is 0 Å². The second-order valence-electron chi connectivity index (χ2n) is 8.36. The Morgan fingerprint density at radius 1 is 0.968 bits per heavy atom. The summed E-state index contributed by atoms with van der Waals surface area (Å²) in [4.78, 5) is 12.9. The number of carbonyl (C=O) groups is 1. The van der Waals surface area contributed by atoms with Crippen molar-refractivity contribution in [1.29, 1.82) is 0 Å². The average Bonchev–Trinajstić information content (AvgIpc) is 3.04. The zero-order valence-corrected chi connectivity index (χ0v) is 18.8. The summed E-state index contributed by atoms with van der Waals surface area (Å²) in [6.45, 7) is 1.07. The molecule has 1 aliphatic carbocycles. The van der Waals surface area contributed by atoms with Crippen LogP contribution in [0.1, 0.15) is 48.8 Å². The number of methoxy groups -OCH3 is 1. The molecule has 2 aromatic rings. The van der Waals surface area contributed by atoms with Crippen molar-refractivity contribution in [3.05, 3.63) is 53.1 Å². The lowest BCUT2D eigenvalue weighted by atomic mass is 10.0. The van der Waals surface area contributed by atoms with Crippen molar-refractivity contribution in [3.8, 4) is 5.75 Å². The predicted molar refractivity (Wildman–Crippen MR) is 121 cm³/mol. The highest BCUT2D eigenvalue weighted by Crippen LogP contribution is 2.30. The minimum atomic E-state index is -3.61. The number of hydrogen-bond donors (Lipinski definition) is 1. The molecule has 31 heavy (non-hydrogen) atoms. The van der Waals surface area contributed by atoms with E-state index in [0.717, 1.165) is 44.1 Å². The largest absolute Gasteiger partial charge is 0.495 e. The van der Waals surface area contributed by atoms with Crippen molar-refractivity contribution in [2.45, 2.75) is 56.3 Å². The summed E-state index contributed by atoms with van der Waals surface area (Å²) in [6.07, 6.45) is 7.43. The van der Waals surface area contributed by atoms with Gasteiger partial charge in [0, 0.05) is 13.1 Å². The van der Waals surface area contributed by atoms with Crippen LogP contribution in [0.25, 0.3) is 0 Å². The molecule has 1 saturated heterocycles. The number of benzene rings is 2. The highest BCUT2D eigenvalue weighted by Gasteiger charge is 2.26. The third-order valence-electron chi connectivity index (χ3n) is 6.18. The van der Waals surface area contributed by atoms with Gasteiger partial charge in [0.05, 0.1) is 24.1 Å². The van der Waals surface area contributed by atoms with Gasteiger partial charge in [-0.3, -0.25) is 4.79 Å². The van der Waals surface area contributed by atoms with Gasteiger partial charge in [0.2, 0.25) is 15.9 Å². The zero-order valence-electron chi connectivity index (χ0n) is 18.0. The fourth-order valence-electron chi connectivity index (χ4n) is 4.49. The molecule has 0 radical (unpaired) electrons. The highest BCUT2D eigenvalue weighted by molar-refractivity contribution is 7.89. The number of amides is 1. The van der Waals surface area contributed by atoms with E-state index in [1.807, 2.05) is 6.07 Å². The Hall–Kier alpha value is -2.38. The number of ether oxygens (including phenoxy) is 1. The number of carbonyl (C=O) groups excluding carboxylic acids is 1. The van der Waals surface area contributed by atoms with Gasteiger partial charge in [-0.15, -0.1) is 0 Å². The van der Waals surface area contributed by atoms with E-state index in [4.69, 9.17) is 4.74 Å². The first-order valence-corrected chi connectivity index (χ1v) is 12.5. The van der Waals surface area contributed by atoms with Gasteiger partial charge in [0.1, 0.15) is 5.75 Å². The molecule has 1 fully saturated rings. The summed E-state index contributed by atoms with van der Waals surface area (Å²) < 4.78 is 33.2. The van der Waals surface area contributed by atoms with Gasteiger partial charge in [-0.2, -0.15) is 4.31 Å². The maximum Gasteiger partial charge on any atom is 0.243 e. The molecular formula is C24H30N2O4S. The van der Waals surface area contributed by atoms with Crippen LogP contribution in [0.3, 0.4) is 0 Å². The highest BCUT2D eigenvalue weighted by atomic mass is 32.2. The minimum Gasteiger partial charge on any atom is -0.495 e. The third kappa shape index (κ3) is 4.93. The Kier molecular flexibility index (Phi) is 6.62. The van der Waals surface area contributed by atoms with Gasteiger partial charge in [-0.05, 0) is 67.0 Å². The molecule has 1 heterocycles. The Balaban J connectivity index is 1.52. The SMILES string of the molecule is COc1ccc(S(=O)(=O)N2CCCCCC2)cc1NC(=O)Cc1ccc2c(c1)CCC2. The molecule has 2 aliphatic rings. The Morgan fingerprint density at radius 3 is 2.45 bits per heavy atom. The van der Waals surface area contributed by atoms with Crippen LogP contribution in [0.15, 0.2) is 41.3 Å². The van der Waals surface area contributed by atoms with Crippen molar-refractivity contribution in [2.24, 2.45) is 0 Å². The van der Waals surface area contributed by atoms with Crippen molar-refractivity contribution >= 4 is 21.6 Å². The standard InChI is InChI=1S/C24H30N2O4S/c1-30-23-12-11-21(31(28,29)26-13-4-2-3-5-14-26)17-22(23)25-24(27)16-18-9-10-19-7-6-8-20(19)15-18/h9-12,15,17H,2-8,13-14,16H2,1H3,(H,25,27). The number of rotatable bonds is 6. The van der Waals surface area contributed by atoms with Gasteiger partial charge in [-0.1, -0.05) is 31.0 Å². The second kappa shape index (κ2) is 9.40. The normalized spacial score (nSPS) is 17.1. The Morgan fingerprint density at radius 2 is 1.71 bits per heavy atom. The zero-order chi connectivity index (χ0) is 21.8. The van der Waals surface area contributed by atoms with Crippen molar-refractivity contribution < 1.29 is 17.9 Å². The van der Waals surface area contributed by atoms with E-state index in [1.54, 1.807) is 16.4 Å². The van der Waals surface area contributed by atoms with Gasteiger partial charge in [0.25, 0.3) is 0 Å². The van der Waals surface area contributed by atoms with Crippen LogP contribution in [0, 0.1) is 0 Å². The van der Waals surface area contributed by atoms with Crippen molar-refractivity contribution in [1.82, 2.24) is 4.31 Å². The third-order valence-corrected chi connectivity index (χ3v) is 8.07. The molecule has 0 aromatic heterocycles. The number of nitrogens with zero attached hydrogens (tertiary/aromatic N) is 1. The first-order chi connectivity index (χ1) is 15.0. The number of sulfonamides is 1. The lowest BCUT2D eigenvalue weighted by molar-refractivity contribution is -0.115. The minimum absolute atomic E-state index is 0.183. The lowest BCUT2D eigenvalue weighted by Crippen LogP contribution is -2.32. The molecule has 6 nitrogen and oxygen atoms in total. The Bertz CT molecular complexity index is 1060. The Labute approximate surface area is 184 Å². The van der Waals surface area contributed by atoms with E-state index < -0.39 is 10.0 Å². The molecule has 166 valence electrons. The van der Waals surface area contributed by atoms with E-state index in [1.165, 1.54) is 30.7 Å². The van der Waals surface area contributed by atoms with Crippen LogP contribution in [-0.4, -0.2) is 38.8 Å². The molecule has 0 bridgehead atoms. The summed E-state index contributed by atoms with van der Waals surface area (Å²) in [6, 6.07) is 10.9. The molecule has 1 N–H and O–H groups in total. The number of fused-ring (bicyclic) bond motifs is 1. The lowest BCUT2D eigenvalue weighted by Gasteiger charge is -2.21. The molecule has 0 saturated carbocycles. The maximum atomic E-state index is 13.1. The number of nitrogens with one attached hydrogen (secondary N) is 1. The maximum absolute atomic E-state index is 13.1. The summed E-state index contributed by atoms with van der Waals surface area (Å²) in [5, 5.41) is 2.86. The van der Waals surface area contributed by atoms with Crippen LogP contribution in [0.5, 0.6) is 5.75 Å². The van der Waals surface area contributed by atoms with Crippen LogP contribution in [0.4, 0.5) is 5.69 Å². The van der Waals surface area contributed by atoms with Gasteiger partial charge >= 0.3 is 0 Å². The van der Waals surface area contributed by atoms with Gasteiger partial charge in [-0.25, -0.2) is 8.42 Å². The smallest absolute Gasteiger partial charge is 0.243 e. The monoisotopic (exact) mass is 442 g/mol. The summed E-state index contributed by atoms with van der Waals surface area (Å²) in [5.41, 5.74) is 4.04. The van der Waals surface area contributed by atoms with E-state index in [0.29, 0.717) is 24.5 Å². The van der Waals surface area contributed by atoms with Crippen molar-refractivity contribution in [2.75, 3.05) is 25.5 Å². The molecular weight excluding hydrogens is 412 g/mol. The molecule has 0 atom stereocenters. The van der Waals surface area contributed by atoms with Crippen LogP contribution in [0.2, 0.25) is 0 Å². The van der Waals surface area contributed by atoms with Crippen LogP contribution < -0.4 is 10.1 Å². The van der Waals surface area contributed by atoms with E-state index in [9.17, 15) is 13.2 Å². The van der Waals surface area contributed by atoms with Crippen LogP contribution in [-0.2, 0) is 34.1 Å². The molecule has 1 aliphatic heterocycles. The van der Waals surface area contributed by atoms with Crippen LogP contribution >= 0.6 is 0 Å². The van der Waals surface area contributed by atoms with E-state index in [2.05, 4.69) is 17.4 Å². The van der Waals surface area contributed by atoms with Crippen molar-refractivity contribution in [3.63, 3.8) is 0 Å². The summed E-state index contributed by atoms with van der Waals surface area (Å²) in [5.74, 6) is 0.248. The molecule has 7 heteroatoms. The molecule has 0 unspecified atom stereocenters. The quantitative estimate of drug-likeness (QED) is 0.736. The van der Waals surface area contributed by atoms with Gasteiger partial charge in [0.15, 0.2) is 0 Å². The molecule has 2 aromatic carbocycles. The number of anilines is 1. The number of hydrogen-bond acceptors (Lipinski definition) is 4. The second-order valence-corrected chi connectivity index (χ2v) is 10.3. The first kappa shape index (κ1) is 21.8. The van der Waals surface area contributed by atoms with E-state index in [-0.39, 0.29) is 17.2 Å². The molecule has 4 rings (SSSR count). The number of aryl methyl sites for hydroxylation is 2. The summed E-state index contributed by atoms with van der Waals surface area (Å²) >= 11 is 0. The first-order valence-electron chi connectivity index (χ1n) is 11.1. The topological polar surface area (TPSA) is 75.7 Å². The average molecular weight is 443 g/mol. The molecule has 0 spiro atoms. The fraction of sp³-hybridized carbons (Fsp3) is 0.458. The van der Waals surface area contributed by atoms with Gasteiger partial charge < -0.3 is 10.1 Å². The molecule has 1 amide bonds. The fourth-order valence-corrected chi connectivity index (χ4v) is 6.04. The predicted octanol–water partition coefficient (Wildman–Crippen LogP) is 3.93.